The van der Waals surface area contributed by atoms with Gasteiger partial charge in [0.1, 0.15) is 10.7 Å². The van der Waals surface area contributed by atoms with Crippen LogP contribution in [0.15, 0.2) is 54.6 Å². The van der Waals surface area contributed by atoms with Crippen LogP contribution in [0.4, 0.5) is 10.1 Å². The van der Waals surface area contributed by atoms with E-state index in [4.69, 9.17) is 12.2 Å². The minimum Gasteiger partial charge on any atom is -0.332 e. The summed E-state index contributed by atoms with van der Waals surface area (Å²) in [6.45, 7) is 3.05. The number of rotatable bonds is 2. The molecule has 114 valence electrons. The van der Waals surface area contributed by atoms with Crippen LogP contribution in [0.2, 0.25) is 0 Å². The van der Waals surface area contributed by atoms with Crippen molar-refractivity contribution in [1.29, 1.82) is 0 Å². The summed E-state index contributed by atoms with van der Waals surface area (Å²) < 4.78 is 13.3. The standard InChI is InChI=1S/C17H17FN2S2/c1-17(13-6-3-2-4-7-13)20(10-11-22-17)16(21)19-15-9-5-8-14(18)12-15/h2-9,12H,10-11H2,1H3,(H,19,21). The number of nitrogens with zero attached hydrogens (tertiary/aromatic N) is 1. The van der Waals surface area contributed by atoms with E-state index in [1.54, 1.807) is 6.07 Å². The zero-order chi connectivity index (χ0) is 15.6. The van der Waals surface area contributed by atoms with Crippen molar-refractivity contribution in [3.05, 3.63) is 66.0 Å². The van der Waals surface area contributed by atoms with Crippen LogP contribution in [0.5, 0.6) is 0 Å². The van der Waals surface area contributed by atoms with E-state index in [0.717, 1.165) is 12.3 Å². The molecule has 1 fully saturated rings. The third-order valence-electron chi connectivity index (χ3n) is 3.84. The van der Waals surface area contributed by atoms with E-state index in [1.807, 2.05) is 36.0 Å². The molecule has 0 aliphatic carbocycles. The van der Waals surface area contributed by atoms with E-state index in [0.29, 0.717) is 10.8 Å². The van der Waals surface area contributed by atoms with E-state index < -0.39 is 0 Å². The molecule has 3 rings (SSSR count). The predicted molar refractivity (Wildman–Crippen MR) is 95.6 cm³/mol. The first-order valence-corrected chi connectivity index (χ1v) is 8.53. The molecular formula is C17H17FN2S2. The molecule has 0 saturated carbocycles. The largest absolute Gasteiger partial charge is 0.332 e. The number of halogens is 1. The summed E-state index contributed by atoms with van der Waals surface area (Å²) in [7, 11) is 0. The van der Waals surface area contributed by atoms with Crippen LogP contribution in [-0.4, -0.2) is 22.3 Å². The second-order valence-electron chi connectivity index (χ2n) is 5.29. The van der Waals surface area contributed by atoms with Crippen LogP contribution in [0.1, 0.15) is 12.5 Å². The van der Waals surface area contributed by atoms with Gasteiger partial charge in [-0.2, -0.15) is 0 Å². The fourth-order valence-corrected chi connectivity index (χ4v) is 4.43. The van der Waals surface area contributed by atoms with Crippen molar-refractivity contribution in [1.82, 2.24) is 4.90 Å². The molecule has 2 aromatic carbocycles. The minimum atomic E-state index is -0.269. The molecule has 22 heavy (non-hydrogen) atoms. The number of benzene rings is 2. The van der Waals surface area contributed by atoms with Crippen molar-refractivity contribution in [2.45, 2.75) is 11.8 Å². The normalized spacial score (nSPS) is 20.9. The molecule has 1 heterocycles. The lowest BCUT2D eigenvalue weighted by Crippen LogP contribution is -2.43. The van der Waals surface area contributed by atoms with Crippen LogP contribution in [0.25, 0.3) is 0 Å². The Morgan fingerprint density at radius 3 is 2.73 bits per heavy atom. The summed E-state index contributed by atoms with van der Waals surface area (Å²) in [6, 6.07) is 16.7. The van der Waals surface area contributed by atoms with Gasteiger partial charge >= 0.3 is 0 Å². The highest BCUT2D eigenvalue weighted by Gasteiger charge is 2.40. The topological polar surface area (TPSA) is 15.3 Å². The van der Waals surface area contributed by atoms with Crippen molar-refractivity contribution in [2.75, 3.05) is 17.6 Å². The van der Waals surface area contributed by atoms with Crippen molar-refractivity contribution < 1.29 is 4.39 Å². The Bertz CT molecular complexity index is 677. The van der Waals surface area contributed by atoms with Gasteiger partial charge in [0.05, 0.1) is 0 Å². The minimum absolute atomic E-state index is 0.196. The smallest absolute Gasteiger partial charge is 0.174 e. The third kappa shape index (κ3) is 2.96. The van der Waals surface area contributed by atoms with Crippen LogP contribution in [0.3, 0.4) is 0 Å². The molecule has 0 amide bonds. The molecule has 0 radical (unpaired) electrons. The molecule has 2 nitrogen and oxygen atoms in total. The van der Waals surface area contributed by atoms with Gasteiger partial charge in [-0.1, -0.05) is 36.4 Å². The van der Waals surface area contributed by atoms with Crippen molar-refractivity contribution in [2.24, 2.45) is 0 Å². The Hall–Kier alpha value is -1.59. The summed E-state index contributed by atoms with van der Waals surface area (Å²) in [6.07, 6.45) is 0. The molecule has 1 aliphatic heterocycles. The van der Waals surface area contributed by atoms with Gasteiger partial charge in [-0.25, -0.2) is 4.39 Å². The monoisotopic (exact) mass is 332 g/mol. The maximum Gasteiger partial charge on any atom is 0.174 e. The highest BCUT2D eigenvalue weighted by Crippen LogP contribution is 2.44. The first kappa shape index (κ1) is 15.3. The molecule has 1 N–H and O–H groups in total. The van der Waals surface area contributed by atoms with E-state index in [1.165, 1.54) is 17.7 Å². The highest BCUT2D eigenvalue weighted by molar-refractivity contribution is 8.00. The van der Waals surface area contributed by atoms with Crippen LogP contribution in [-0.2, 0) is 4.87 Å². The predicted octanol–water partition coefficient (Wildman–Crippen LogP) is 4.44. The maximum atomic E-state index is 13.3. The summed E-state index contributed by atoms with van der Waals surface area (Å²) in [4.78, 5) is 1.98. The number of nitrogens with one attached hydrogen (secondary N) is 1. The van der Waals surface area contributed by atoms with E-state index in [9.17, 15) is 4.39 Å². The summed E-state index contributed by atoms with van der Waals surface area (Å²) in [5.74, 6) is 0.741. The van der Waals surface area contributed by atoms with E-state index in [2.05, 4.69) is 29.3 Å². The van der Waals surface area contributed by atoms with Crippen LogP contribution in [0, 0.1) is 5.82 Å². The highest BCUT2D eigenvalue weighted by atomic mass is 32.2. The lowest BCUT2D eigenvalue weighted by Gasteiger charge is -2.36. The average Bonchev–Trinajstić information content (AvgIpc) is 2.91. The Kier molecular flexibility index (Phi) is 4.36. The Morgan fingerprint density at radius 1 is 1.23 bits per heavy atom. The molecule has 2 aromatic rings. The molecular weight excluding hydrogens is 315 g/mol. The molecule has 1 aliphatic rings. The average molecular weight is 332 g/mol. The van der Waals surface area contributed by atoms with Gasteiger partial charge in [-0.15, -0.1) is 11.8 Å². The van der Waals surface area contributed by atoms with Gasteiger partial charge in [0.15, 0.2) is 5.11 Å². The fraction of sp³-hybridized carbons (Fsp3) is 0.235. The lowest BCUT2D eigenvalue weighted by atomic mass is 10.1. The van der Waals surface area contributed by atoms with Gasteiger partial charge in [0, 0.05) is 18.0 Å². The van der Waals surface area contributed by atoms with Crippen molar-refractivity contribution in [3.8, 4) is 0 Å². The molecule has 1 saturated heterocycles. The SMILES string of the molecule is CC1(c2ccccc2)SCCN1C(=S)Nc1cccc(F)c1. The van der Waals surface area contributed by atoms with Crippen LogP contribution >= 0.6 is 24.0 Å². The van der Waals surface area contributed by atoms with E-state index in [-0.39, 0.29) is 10.7 Å². The zero-order valence-electron chi connectivity index (χ0n) is 12.3. The summed E-state index contributed by atoms with van der Waals surface area (Å²) >= 11 is 7.44. The van der Waals surface area contributed by atoms with Crippen molar-refractivity contribution >= 4 is 34.8 Å². The molecule has 5 heteroatoms. The number of hydrogen-bond acceptors (Lipinski definition) is 2. The lowest BCUT2D eigenvalue weighted by molar-refractivity contribution is 0.342. The molecule has 0 spiro atoms. The number of anilines is 1. The first-order chi connectivity index (χ1) is 10.6. The van der Waals surface area contributed by atoms with Gasteiger partial charge < -0.3 is 10.2 Å². The molecule has 0 bridgehead atoms. The quantitative estimate of drug-likeness (QED) is 0.817. The number of hydrogen-bond donors (Lipinski definition) is 1. The molecule has 0 aromatic heterocycles. The van der Waals surface area contributed by atoms with E-state index >= 15 is 0 Å². The first-order valence-electron chi connectivity index (χ1n) is 7.13. The van der Waals surface area contributed by atoms with Gasteiger partial charge in [0.25, 0.3) is 0 Å². The Morgan fingerprint density at radius 2 is 2.00 bits per heavy atom. The Labute approximate surface area is 139 Å². The van der Waals surface area contributed by atoms with Gasteiger partial charge in [-0.3, -0.25) is 0 Å². The maximum absolute atomic E-state index is 13.3. The zero-order valence-corrected chi connectivity index (χ0v) is 13.9. The fourth-order valence-electron chi connectivity index (χ4n) is 2.67. The van der Waals surface area contributed by atoms with Gasteiger partial charge in [-0.05, 0) is 42.9 Å². The van der Waals surface area contributed by atoms with Gasteiger partial charge in [0.2, 0.25) is 0 Å². The van der Waals surface area contributed by atoms with Crippen LogP contribution < -0.4 is 5.32 Å². The number of thiocarbonyl (C=S) groups is 1. The molecule has 1 atom stereocenters. The second kappa shape index (κ2) is 6.26. The number of thioether (sulfide) groups is 1. The van der Waals surface area contributed by atoms with Crippen molar-refractivity contribution in [3.63, 3.8) is 0 Å². The second-order valence-corrected chi connectivity index (χ2v) is 7.17. The summed E-state index contributed by atoms with van der Waals surface area (Å²) in [5.41, 5.74) is 1.90. The third-order valence-corrected chi connectivity index (χ3v) is 5.57. The molecule has 1 unspecified atom stereocenters. The summed E-state index contributed by atoms with van der Waals surface area (Å²) in [5, 5.41) is 3.78. The Balaban J connectivity index is 1.82.